The minimum absolute atomic E-state index is 0.0803. The second-order valence-corrected chi connectivity index (χ2v) is 5.63. The van der Waals surface area contributed by atoms with E-state index in [1.165, 1.54) is 32.1 Å². The molecule has 20 heavy (non-hydrogen) atoms. The maximum atomic E-state index is 13.9. The SMILES string of the molecule is COc1ccc(C(=O)NC2CC3CCC(C2)N3)c(F)c1. The molecular weight excluding hydrogens is 259 g/mol. The van der Waals surface area contributed by atoms with Gasteiger partial charge in [0.05, 0.1) is 12.7 Å². The predicted molar refractivity (Wildman–Crippen MR) is 73.4 cm³/mol. The molecule has 2 aliphatic rings. The largest absolute Gasteiger partial charge is 0.497 e. The molecule has 0 radical (unpaired) electrons. The third-order valence-corrected chi connectivity index (χ3v) is 4.23. The number of hydrogen-bond acceptors (Lipinski definition) is 3. The van der Waals surface area contributed by atoms with Crippen LogP contribution in [0.3, 0.4) is 0 Å². The lowest BCUT2D eigenvalue weighted by Gasteiger charge is -2.29. The number of carbonyl (C=O) groups excluding carboxylic acids is 1. The van der Waals surface area contributed by atoms with Crippen LogP contribution in [0, 0.1) is 5.82 Å². The third kappa shape index (κ3) is 2.63. The zero-order chi connectivity index (χ0) is 14.1. The van der Waals surface area contributed by atoms with Crippen molar-refractivity contribution in [3.63, 3.8) is 0 Å². The number of carbonyl (C=O) groups is 1. The van der Waals surface area contributed by atoms with Crippen LogP contribution in [-0.2, 0) is 0 Å². The van der Waals surface area contributed by atoms with Gasteiger partial charge in [0.15, 0.2) is 0 Å². The molecule has 1 amide bonds. The van der Waals surface area contributed by atoms with Crippen molar-refractivity contribution in [2.75, 3.05) is 7.11 Å². The molecule has 2 unspecified atom stereocenters. The molecule has 2 fully saturated rings. The van der Waals surface area contributed by atoms with Crippen molar-refractivity contribution in [1.29, 1.82) is 0 Å². The maximum absolute atomic E-state index is 13.9. The van der Waals surface area contributed by atoms with Gasteiger partial charge in [-0.3, -0.25) is 4.79 Å². The molecular formula is C15H19FN2O2. The number of hydrogen-bond donors (Lipinski definition) is 2. The molecule has 2 N–H and O–H groups in total. The third-order valence-electron chi connectivity index (χ3n) is 4.23. The first kappa shape index (κ1) is 13.4. The molecule has 4 nitrogen and oxygen atoms in total. The van der Waals surface area contributed by atoms with Gasteiger partial charge in [0.1, 0.15) is 11.6 Å². The molecule has 0 aromatic heterocycles. The molecule has 1 aromatic rings. The van der Waals surface area contributed by atoms with E-state index in [0.29, 0.717) is 17.8 Å². The summed E-state index contributed by atoms with van der Waals surface area (Å²) in [6.45, 7) is 0. The van der Waals surface area contributed by atoms with Crippen LogP contribution in [0.5, 0.6) is 5.75 Å². The van der Waals surface area contributed by atoms with E-state index < -0.39 is 5.82 Å². The van der Waals surface area contributed by atoms with E-state index in [2.05, 4.69) is 10.6 Å². The number of ether oxygens (including phenoxy) is 1. The quantitative estimate of drug-likeness (QED) is 0.887. The molecule has 0 saturated carbocycles. The average molecular weight is 278 g/mol. The fraction of sp³-hybridized carbons (Fsp3) is 0.533. The molecule has 0 spiro atoms. The molecule has 2 bridgehead atoms. The molecule has 108 valence electrons. The fourth-order valence-corrected chi connectivity index (χ4v) is 3.25. The summed E-state index contributed by atoms with van der Waals surface area (Å²) in [6.07, 6.45) is 4.21. The Bertz CT molecular complexity index is 509. The summed E-state index contributed by atoms with van der Waals surface area (Å²) in [7, 11) is 1.47. The highest BCUT2D eigenvalue weighted by molar-refractivity contribution is 5.94. The van der Waals surface area contributed by atoms with Crippen molar-refractivity contribution in [3.8, 4) is 5.75 Å². The molecule has 3 rings (SSSR count). The van der Waals surface area contributed by atoms with E-state index in [0.717, 1.165) is 12.8 Å². The lowest BCUT2D eigenvalue weighted by Crippen LogP contribution is -2.48. The fourth-order valence-electron chi connectivity index (χ4n) is 3.25. The van der Waals surface area contributed by atoms with E-state index in [1.807, 2.05) is 0 Å². The Morgan fingerprint density at radius 2 is 2.05 bits per heavy atom. The highest BCUT2D eigenvalue weighted by Gasteiger charge is 2.34. The van der Waals surface area contributed by atoms with Gasteiger partial charge in [-0.1, -0.05) is 0 Å². The number of fused-ring (bicyclic) bond motifs is 2. The minimum atomic E-state index is -0.543. The lowest BCUT2D eigenvalue weighted by molar-refractivity contribution is 0.0920. The van der Waals surface area contributed by atoms with Crippen LogP contribution in [0.4, 0.5) is 4.39 Å². The number of amides is 1. The molecule has 2 heterocycles. The molecule has 5 heteroatoms. The molecule has 0 aliphatic carbocycles. The summed E-state index contributed by atoms with van der Waals surface area (Å²) < 4.78 is 18.8. The van der Waals surface area contributed by atoms with Crippen LogP contribution in [0.25, 0.3) is 0 Å². The van der Waals surface area contributed by atoms with Gasteiger partial charge in [0.25, 0.3) is 5.91 Å². The zero-order valence-corrected chi connectivity index (χ0v) is 11.5. The van der Waals surface area contributed by atoms with Gasteiger partial charge in [-0.2, -0.15) is 0 Å². The maximum Gasteiger partial charge on any atom is 0.254 e. The number of halogens is 1. The summed E-state index contributed by atoms with van der Waals surface area (Å²) in [5.74, 6) is -0.464. The molecule has 2 saturated heterocycles. The standard InChI is InChI=1S/C15H19FN2O2/c1-20-12-4-5-13(14(16)8-12)15(19)18-11-6-9-2-3-10(7-11)17-9/h4-5,8-11,17H,2-3,6-7H2,1H3,(H,18,19). The van der Waals surface area contributed by atoms with E-state index >= 15 is 0 Å². The summed E-state index contributed by atoms with van der Waals surface area (Å²) in [6, 6.07) is 5.45. The van der Waals surface area contributed by atoms with Gasteiger partial charge >= 0.3 is 0 Å². The zero-order valence-electron chi connectivity index (χ0n) is 11.5. The van der Waals surface area contributed by atoms with Crippen molar-refractivity contribution in [1.82, 2.24) is 10.6 Å². The first-order valence-electron chi connectivity index (χ1n) is 7.06. The Balaban J connectivity index is 1.67. The number of methoxy groups -OCH3 is 1. The summed E-state index contributed by atoms with van der Waals surface area (Å²) in [4.78, 5) is 12.2. The van der Waals surface area contributed by atoms with E-state index in [4.69, 9.17) is 4.74 Å². The Hall–Kier alpha value is -1.62. The normalized spacial score (nSPS) is 28.2. The van der Waals surface area contributed by atoms with Gasteiger partial charge in [0, 0.05) is 24.2 Å². The van der Waals surface area contributed by atoms with Gasteiger partial charge in [-0.05, 0) is 37.8 Å². The second kappa shape index (κ2) is 5.40. The topological polar surface area (TPSA) is 50.4 Å². The Morgan fingerprint density at radius 3 is 2.65 bits per heavy atom. The van der Waals surface area contributed by atoms with Gasteiger partial charge < -0.3 is 15.4 Å². The van der Waals surface area contributed by atoms with Crippen molar-refractivity contribution < 1.29 is 13.9 Å². The number of rotatable bonds is 3. The van der Waals surface area contributed by atoms with Crippen LogP contribution in [0.1, 0.15) is 36.0 Å². The molecule has 2 atom stereocenters. The summed E-state index contributed by atoms with van der Waals surface area (Å²) in [5, 5.41) is 6.47. The van der Waals surface area contributed by atoms with Crippen molar-refractivity contribution >= 4 is 5.91 Å². The van der Waals surface area contributed by atoms with Crippen molar-refractivity contribution in [3.05, 3.63) is 29.6 Å². The van der Waals surface area contributed by atoms with E-state index in [-0.39, 0.29) is 17.5 Å². The molecule has 1 aromatic carbocycles. The minimum Gasteiger partial charge on any atom is -0.497 e. The van der Waals surface area contributed by atoms with Crippen molar-refractivity contribution in [2.24, 2.45) is 0 Å². The Kier molecular flexibility index (Phi) is 3.61. The summed E-state index contributed by atoms with van der Waals surface area (Å²) in [5.41, 5.74) is 0.0803. The Morgan fingerprint density at radius 1 is 1.35 bits per heavy atom. The highest BCUT2D eigenvalue weighted by atomic mass is 19.1. The number of benzene rings is 1. The van der Waals surface area contributed by atoms with Crippen LogP contribution in [0.15, 0.2) is 18.2 Å². The van der Waals surface area contributed by atoms with E-state index in [1.54, 1.807) is 6.07 Å². The first-order valence-corrected chi connectivity index (χ1v) is 7.06. The monoisotopic (exact) mass is 278 g/mol. The van der Waals surface area contributed by atoms with Crippen LogP contribution < -0.4 is 15.4 Å². The predicted octanol–water partition coefficient (Wildman–Crippen LogP) is 1.85. The van der Waals surface area contributed by atoms with E-state index in [9.17, 15) is 9.18 Å². The van der Waals surface area contributed by atoms with Crippen molar-refractivity contribution in [2.45, 2.75) is 43.8 Å². The summed E-state index contributed by atoms with van der Waals surface area (Å²) >= 11 is 0. The lowest BCUT2D eigenvalue weighted by atomic mass is 9.99. The van der Waals surface area contributed by atoms with Gasteiger partial charge in [-0.25, -0.2) is 4.39 Å². The number of nitrogens with one attached hydrogen (secondary N) is 2. The average Bonchev–Trinajstić information content (AvgIpc) is 2.77. The first-order chi connectivity index (χ1) is 9.65. The van der Waals surface area contributed by atoms with Crippen LogP contribution >= 0.6 is 0 Å². The van der Waals surface area contributed by atoms with Gasteiger partial charge in [0.2, 0.25) is 0 Å². The van der Waals surface area contributed by atoms with Crippen LogP contribution in [0.2, 0.25) is 0 Å². The van der Waals surface area contributed by atoms with Gasteiger partial charge in [-0.15, -0.1) is 0 Å². The Labute approximate surface area is 117 Å². The highest BCUT2D eigenvalue weighted by Crippen LogP contribution is 2.27. The van der Waals surface area contributed by atoms with Crippen LogP contribution in [-0.4, -0.2) is 31.1 Å². The second-order valence-electron chi connectivity index (χ2n) is 5.63. The molecule has 2 aliphatic heterocycles. The smallest absolute Gasteiger partial charge is 0.254 e. The number of piperidine rings is 1.